The van der Waals surface area contributed by atoms with Crippen molar-refractivity contribution < 1.29 is 9.53 Å². The Morgan fingerprint density at radius 3 is 2.71 bits per heavy atom. The summed E-state index contributed by atoms with van der Waals surface area (Å²) in [6.07, 6.45) is 5.14. The number of carbonyl (C=O) groups excluding carboxylic acids is 1. The molecule has 2 nitrogen and oxygen atoms in total. The van der Waals surface area contributed by atoms with Crippen molar-refractivity contribution in [3.05, 3.63) is 0 Å². The van der Waals surface area contributed by atoms with E-state index in [0.29, 0.717) is 17.8 Å². The Morgan fingerprint density at radius 1 is 1.29 bits per heavy atom. The van der Waals surface area contributed by atoms with Crippen LogP contribution in [0.5, 0.6) is 0 Å². The van der Waals surface area contributed by atoms with E-state index in [0.717, 1.165) is 12.8 Å². The van der Waals surface area contributed by atoms with Crippen molar-refractivity contribution in [2.45, 2.75) is 58.5 Å². The Kier molecular flexibility index (Phi) is 2.13. The second-order valence-electron chi connectivity index (χ2n) is 5.72. The molecule has 1 aliphatic heterocycles. The average molecular weight is 196 g/mol. The first kappa shape index (κ1) is 10.0. The molecule has 0 bridgehead atoms. The van der Waals surface area contributed by atoms with Crippen LogP contribution in [0.1, 0.15) is 52.9 Å². The largest absolute Gasteiger partial charge is 0.459 e. The lowest BCUT2D eigenvalue weighted by atomic mass is 9.59. The molecule has 0 amide bonds. The highest BCUT2D eigenvalue weighted by Gasteiger charge is 2.50. The van der Waals surface area contributed by atoms with Crippen LogP contribution in [-0.4, -0.2) is 11.6 Å². The second kappa shape index (κ2) is 2.98. The van der Waals surface area contributed by atoms with Gasteiger partial charge >= 0.3 is 5.97 Å². The average Bonchev–Trinajstić information content (AvgIpc) is 2.00. The SMILES string of the molecule is CC1(C)CCC[C@@]2(C)OC(=O)CC[C@H]12. The van der Waals surface area contributed by atoms with Gasteiger partial charge in [-0.3, -0.25) is 4.79 Å². The summed E-state index contributed by atoms with van der Waals surface area (Å²) in [5, 5.41) is 0. The lowest BCUT2D eigenvalue weighted by Gasteiger charge is -2.52. The quantitative estimate of drug-likeness (QED) is 0.557. The molecule has 2 rings (SSSR count). The fourth-order valence-electron chi connectivity index (χ4n) is 3.46. The number of ether oxygens (including phenoxy) is 1. The maximum absolute atomic E-state index is 11.3. The molecule has 0 aromatic carbocycles. The van der Waals surface area contributed by atoms with E-state index in [-0.39, 0.29) is 11.6 Å². The monoisotopic (exact) mass is 196 g/mol. The van der Waals surface area contributed by atoms with Crippen molar-refractivity contribution in [2.24, 2.45) is 11.3 Å². The van der Waals surface area contributed by atoms with Crippen molar-refractivity contribution in [1.29, 1.82) is 0 Å². The molecular formula is C12H20O2. The summed E-state index contributed by atoms with van der Waals surface area (Å²) in [4.78, 5) is 11.3. The number of fused-ring (bicyclic) bond motifs is 1. The van der Waals surface area contributed by atoms with Gasteiger partial charge in [-0.25, -0.2) is 0 Å². The minimum Gasteiger partial charge on any atom is -0.459 e. The van der Waals surface area contributed by atoms with Gasteiger partial charge in [-0.15, -0.1) is 0 Å². The lowest BCUT2D eigenvalue weighted by molar-refractivity contribution is -0.190. The van der Waals surface area contributed by atoms with Crippen LogP contribution in [0.2, 0.25) is 0 Å². The van der Waals surface area contributed by atoms with Gasteiger partial charge in [-0.1, -0.05) is 13.8 Å². The number of rotatable bonds is 0. The fraction of sp³-hybridized carbons (Fsp3) is 0.917. The van der Waals surface area contributed by atoms with E-state index in [1.54, 1.807) is 0 Å². The second-order valence-corrected chi connectivity index (χ2v) is 5.72. The zero-order chi connectivity index (χ0) is 10.4. The third kappa shape index (κ3) is 1.45. The van der Waals surface area contributed by atoms with Crippen LogP contribution in [0.4, 0.5) is 0 Å². The van der Waals surface area contributed by atoms with Gasteiger partial charge in [0.05, 0.1) is 0 Å². The molecule has 0 spiro atoms. The maximum atomic E-state index is 11.3. The molecule has 1 saturated carbocycles. The molecule has 80 valence electrons. The van der Waals surface area contributed by atoms with Crippen molar-refractivity contribution in [3.63, 3.8) is 0 Å². The number of hydrogen-bond acceptors (Lipinski definition) is 2. The highest BCUT2D eigenvalue weighted by molar-refractivity contribution is 5.70. The Balaban J connectivity index is 2.25. The third-order valence-corrected chi connectivity index (χ3v) is 4.16. The van der Waals surface area contributed by atoms with Gasteiger partial charge < -0.3 is 4.74 Å². The summed E-state index contributed by atoms with van der Waals surface area (Å²) in [5.74, 6) is 0.558. The van der Waals surface area contributed by atoms with Crippen molar-refractivity contribution in [2.75, 3.05) is 0 Å². The van der Waals surface area contributed by atoms with Crippen LogP contribution in [-0.2, 0) is 9.53 Å². The Labute approximate surface area is 86.0 Å². The molecular weight excluding hydrogens is 176 g/mol. The smallest absolute Gasteiger partial charge is 0.306 e. The molecule has 2 atom stereocenters. The van der Waals surface area contributed by atoms with Crippen LogP contribution >= 0.6 is 0 Å². The zero-order valence-electron chi connectivity index (χ0n) is 9.43. The Morgan fingerprint density at radius 2 is 2.00 bits per heavy atom. The van der Waals surface area contributed by atoms with Gasteiger partial charge in [0.15, 0.2) is 0 Å². The summed E-state index contributed by atoms with van der Waals surface area (Å²) in [7, 11) is 0. The minimum atomic E-state index is -0.170. The van der Waals surface area contributed by atoms with Crippen molar-refractivity contribution >= 4 is 5.97 Å². The lowest BCUT2D eigenvalue weighted by Crippen LogP contribution is -2.52. The topological polar surface area (TPSA) is 26.3 Å². The van der Waals surface area contributed by atoms with Crippen molar-refractivity contribution in [1.82, 2.24) is 0 Å². The summed E-state index contributed by atoms with van der Waals surface area (Å²) in [6.45, 7) is 6.75. The number of carbonyl (C=O) groups is 1. The Hall–Kier alpha value is -0.530. The minimum absolute atomic E-state index is 0.00134. The van der Waals surface area contributed by atoms with Gasteiger partial charge in [-0.05, 0) is 38.0 Å². The first-order chi connectivity index (χ1) is 6.44. The molecule has 0 unspecified atom stereocenters. The molecule has 1 aliphatic carbocycles. The predicted molar refractivity (Wildman–Crippen MR) is 54.9 cm³/mol. The summed E-state index contributed by atoms with van der Waals surface area (Å²) >= 11 is 0. The molecule has 0 aromatic heterocycles. The molecule has 2 aliphatic rings. The van der Waals surface area contributed by atoms with Crippen LogP contribution in [0.15, 0.2) is 0 Å². The van der Waals surface area contributed by atoms with Crippen LogP contribution in [0.3, 0.4) is 0 Å². The normalized spacial score (nSPS) is 41.4. The van der Waals surface area contributed by atoms with Crippen molar-refractivity contribution in [3.8, 4) is 0 Å². The van der Waals surface area contributed by atoms with Gasteiger partial charge in [0.25, 0.3) is 0 Å². The fourth-order valence-corrected chi connectivity index (χ4v) is 3.46. The van der Waals surface area contributed by atoms with Gasteiger partial charge in [0, 0.05) is 12.3 Å². The molecule has 0 aromatic rings. The van der Waals surface area contributed by atoms with E-state index in [4.69, 9.17) is 4.74 Å². The first-order valence-corrected chi connectivity index (χ1v) is 5.66. The Bertz CT molecular complexity index is 257. The van der Waals surface area contributed by atoms with E-state index < -0.39 is 0 Å². The molecule has 0 radical (unpaired) electrons. The molecule has 1 saturated heterocycles. The van der Waals surface area contributed by atoms with Gasteiger partial charge in [0.2, 0.25) is 0 Å². The highest BCUT2D eigenvalue weighted by atomic mass is 16.6. The highest BCUT2D eigenvalue weighted by Crippen LogP contribution is 2.51. The standard InChI is InChI=1S/C12H20O2/c1-11(2)7-4-8-12(3)9(11)5-6-10(13)14-12/h9H,4-8H2,1-3H3/t9-,12-/m1/s1. The zero-order valence-corrected chi connectivity index (χ0v) is 9.43. The molecule has 2 heteroatoms. The van der Waals surface area contributed by atoms with Crippen LogP contribution in [0.25, 0.3) is 0 Å². The van der Waals surface area contributed by atoms with E-state index in [1.165, 1.54) is 12.8 Å². The summed E-state index contributed by atoms with van der Waals surface area (Å²) in [5.41, 5.74) is 0.171. The summed E-state index contributed by atoms with van der Waals surface area (Å²) < 4.78 is 5.57. The maximum Gasteiger partial charge on any atom is 0.306 e. The van der Waals surface area contributed by atoms with Crippen LogP contribution in [0, 0.1) is 11.3 Å². The number of hydrogen-bond donors (Lipinski definition) is 0. The van der Waals surface area contributed by atoms with Crippen LogP contribution < -0.4 is 0 Å². The number of esters is 1. The van der Waals surface area contributed by atoms with E-state index in [2.05, 4.69) is 20.8 Å². The van der Waals surface area contributed by atoms with E-state index in [9.17, 15) is 4.79 Å². The molecule has 14 heavy (non-hydrogen) atoms. The van der Waals surface area contributed by atoms with Gasteiger partial charge in [-0.2, -0.15) is 0 Å². The molecule has 1 heterocycles. The molecule has 0 N–H and O–H groups in total. The summed E-state index contributed by atoms with van der Waals surface area (Å²) in [6, 6.07) is 0. The van der Waals surface area contributed by atoms with Gasteiger partial charge in [0.1, 0.15) is 5.60 Å². The first-order valence-electron chi connectivity index (χ1n) is 5.66. The molecule has 2 fully saturated rings. The third-order valence-electron chi connectivity index (χ3n) is 4.16. The predicted octanol–water partition coefficient (Wildman–Crippen LogP) is 2.91. The van der Waals surface area contributed by atoms with E-state index >= 15 is 0 Å². The van der Waals surface area contributed by atoms with E-state index in [1.807, 2.05) is 0 Å².